The SMILES string of the molecule is CCNC(=NCc1ccc(CN(CC)CC)cc1)NCC(O)c1ccc(Cl)s1.I. The zero-order valence-corrected chi connectivity index (χ0v) is 21.2. The summed E-state index contributed by atoms with van der Waals surface area (Å²) in [6.07, 6.45) is -0.610. The molecule has 1 aromatic carbocycles. The lowest BCUT2D eigenvalue weighted by molar-refractivity contribution is 0.184. The number of rotatable bonds is 10. The quantitative estimate of drug-likeness (QED) is 0.229. The van der Waals surface area contributed by atoms with Gasteiger partial charge in [-0.1, -0.05) is 49.7 Å². The number of guanidine groups is 1. The molecule has 3 N–H and O–H groups in total. The molecule has 0 aliphatic carbocycles. The maximum absolute atomic E-state index is 10.3. The number of hydrogen-bond acceptors (Lipinski definition) is 4. The first-order valence-electron chi connectivity index (χ1n) is 9.81. The van der Waals surface area contributed by atoms with Crippen LogP contribution in [0.3, 0.4) is 0 Å². The highest BCUT2D eigenvalue weighted by Crippen LogP contribution is 2.26. The van der Waals surface area contributed by atoms with Gasteiger partial charge in [0.15, 0.2) is 5.96 Å². The van der Waals surface area contributed by atoms with Gasteiger partial charge in [0.1, 0.15) is 6.10 Å². The van der Waals surface area contributed by atoms with Crippen LogP contribution < -0.4 is 10.6 Å². The molecule has 0 bridgehead atoms. The number of aliphatic hydroxyl groups excluding tert-OH is 1. The zero-order valence-electron chi connectivity index (χ0n) is 17.3. The molecule has 162 valence electrons. The van der Waals surface area contributed by atoms with E-state index >= 15 is 0 Å². The van der Waals surface area contributed by atoms with E-state index in [0.717, 1.165) is 36.6 Å². The Morgan fingerprint density at radius 2 is 1.72 bits per heavy atom. The highest BCUT2D eigenvalue weighted by molar-refractivity contribution is 14.0. The maximum atomic E-state index is 10.3. The van der Waals surface area contributed by atoms with E-state index < -0.39 is 6.10 Å². The van der Waals surface area contributed by atoms with Crippen LogP contribution in [-0.2, 0) is 13.1 Å². The van der Waals surface area contributed by atoms with Gasteiger partial charge in [-0.05, 0) is 43.3 Å². The zero-order chi connectivity index (χ0) is 20.4. The summed E-state index contributed by atoms with van der Waals surface area (Å²) in [4.78, 5) is 7.87. The second-order valence-electron chi connectivity index (χ2n) is 6.51. The fourth-order valence-corrected chi connectivity index (χ4v) is 3.82. The fourth-order valence-electron chi connectivity index (χ4n) is 2.77. The average Bonchev–Trinajstić information content (AvgIpc) is 3.15. The summed E-state index contributed by atoms with van der Waals surface area (Å²) in [6, 6.07) is 12.3. The van der Waals surface area contributed by atoms with Gasteiger partial charge in [0.25, 0.3) is 0 Å². The molecule has 0 saturated heterocycles. The van der Waals surface area contributed by atoms with Crippen molar-refractivity contribution >= 4 is 52.9 Å². The predicted octanol–water partition coefficient (Wildman–Crippen LogP) is 4.65. The molecule has 8 heteroatoms. The van der Waals surface area contributed by atoms with E-state index in [9.17, 15) is 5.11 Å². The molecular weight excluding hydrogens is 519 g/mol. The first-order chi connectivity index (χ1) is 13.5. The van der Waals surface area contributed by atoms with Crippen molar-refractivity contribution < 1.29 is 5.11 Å². The molecule has 2 aromatic rings. The van der Waals surface area contributed by atoms with Crippen LogP contribution in [0.4, 0.5) is 0 Å². The van der Waals surface area contributed by atoms with Gasteiger partial charge in [0.2, 0.25) is 0 Å². The molecule has 0 aliphatic rings. The molecule has 1 unspecified atom stereocenters. The van der Waals surface area contributed by atoms with E-state index in [1.165, 1.54) is 16.9 Å². The van der Waals surface area contributed by atoms with Gasteiger partial charge in [-0.15, -0.1) is 35.3 Å². The fraction of sp³-hybridized carbons (Fsp3) is 0.476. The second kappa shape index (κ2) is 14.2. The monoisotopic (exact) mass is 550 g/mol. The summed E-state index contributed by atoms with van der Waals surface area (Å²) < 4.78 is 0.680. The predicted molar refractivity (Wildman–Crippen MR) is 136 cm³/mol. The molecule has 2 rings (SSSR count). The van der Waals surface area contributed by atoms with Crippen LogP contribution in [0.15, 0.2) is 41.4 Å². The minimum atomic E-state index is -0.610. The van der Waals surface area contributed by atoms with Gasteiger partial charge in [0, 0.05) is 24.5 Å². The Balaban J connectivity index is 0.00000420. The molecule has 0 radical (unpaired) electrons. The van der Waals surface area contributed by atoms with Gasteiger partial charge in [0.05, 0.1) is 10.9 Å². The van der Waals surface area contributed by atoms with Crippen molar-refractivity contribution in [2.75, 3.05) is 26.2 Å². The first kappa shape index (κ1) is 26.2. The Hall–Kier alpha value is -0.870. The molecule has 5 nitrogen and oxygen atoms in total. The van der Waals surface area contributed by atoms with Gasteiger partial charge >= 0.3 is 0 Å². The van der Waals surface area contributed by atoms with Gasteiger partial charge in [-0.2, -0.15) is 0 Å². The third-order valence-corrected chi connectivity index (χ3v) is 5.81. The summed E-state index contributed by atoms with van der Waals surface area (Å²) in [5.41, 5.74) is 2.48. The Bertz CT molecular complexity index is 735. The smallest absolute Gasteiger partial charge is 0.191 e. The minimum Gasteiger partial charge on any atom is -0.386 e. The molecule has 0 fully saturated rings. The molecule has 0 saturated carbocycles. The number of halogens is 2. The Kier molecular flexibility index (Phi) is 12.8. The van der Waals surface area contributed by atoms with Crippen LogP contribution in [0.1, 0.15) is 42.9 Å². The number of nitrogens with zero attached hydrogens (tertiary/aromatic N) is 2. The first-order valence-corrected chi connectivity index (χ1v) is 11.0. The van der Waals surface area contributed by atoms with Crippen LogP contribution in [0.5, 0.6) is 0 Å². The molecule has 1 heterocycles. The van der Waals surface area contributed by atoms with E-state index in [1.807, 2.05) is 13.0 Å². The molecule has 1 aromatic heterocycles. The lowest BCUT2D eigenvalue weighted by atomic mass is 10.1. The topological polar surface area (TPSA) is 59.9 Å². The van der Waals surface area contributed by atoms with Crippen LogP contribution in [0.25, 0.3) is 0 Å². The van der Waals surface area contributed by atoms with E-state index in [2.05, 4.69) is 58.6 Å². The Labute approximate surface area is 200 Å². The van der Waals surface area contributed by atoms with Gasteiger partial charge in [-0.3, -0.25) is 4.90 Å². The Morgan fingerprint density at radius 1 is 1.07 bits per heavy atom. The summed E-state index contributed by atoms with van der Waals surface area (Å²) in [5.74, 6) is 0.691. The summed E-state index contributed by atoms with van der Waals surface area (Å²) in [5, 5.41) is 16.7. The number of benzene rings is 1. The molecule has 0 spiro atoms. The van der Waals surface area contributed by atoms with Crippen molar-refractivity contribution in [1.29, 1.82) is 0 Å². The lowest BCUT2D eigenvalue weighted by Crippen LogP contribution is -2.39. The maximum Gasteiger partial charge on any atom is 0.191 e. The van der Waals surface area contributed by atoms with Gasteiger partial charge in [-0.25, -0.2) is 4.99 Å². The second-order valence-corrected chi connectivity index (χ2v) is 8.26. The van der Waals surface area contributed by atoms with E-state index in [0.29, 0.717) is 23.4 Å². The van der Waals surface area contributed by atoms with Crippen LogP contribution in [-0.4, -0.2) is 42.1 Å². The summed E-state index contributed by atoms with van der Waals surface area (Å²) >= 11 is 7.33. The summed E-state index contributed by atoms with van der Waals surface area (Å²) in [7, 11) is 0. The number of aliphatic imine (C=N–C) groups is 1. The summed E-state index contributed by atoms with van der Waals surface area (Å²) in [6.45, 7) is 11.2. The lowest BCUT2D eigenvalue weighted by Gasteiger charge is -2.18. The third-order valence-electron chi connectivity index (χ3n) is 4.47. The van der Waals surface area contributed by atoms with Crippen molar-refractivity contribution in [3.8, 4) is 0 Å². The van der Waals surface area contributed by atoms with Crippen LogP contribution >= 0.6 is 46.9 Å². The van der Waals surface area contributed by atoms with Crippen LogP contribution in [0, 0.1) is 0 Å². The molecule has 0 amide bonds. The van der Waals surface area contributed by atoms with Crippen molar-refractivity contribution in [1.82, 2.24) is 15.5 Å². The number of aliphatic hydroxyl groups is 1. The van der Waals surface area contributed by atoms with Gasteiger partial charge < -0.3 is 15.7 Å². The number of hydrogen-bond donors (Lipinski definition) is 3. The molecule has 0 aliphatic heterocycles. The van der Waals surface area contributed by atoms with Crippen molar-refractivity contribution in [3.05, 3.63) is 56.7 Å². The molecule has 1 atom stereocenters. The van der Waals surface area contributed by atoms with Crippen molar-refractivity contribution in [3.63, 3.8) is 0 Å². The highest BCUT2D eigenvalue weighted by Gasteiger charge is 2.11. The van der Waals surface area contributed by atoms with E-state index in [1.54, 1.807) is 6.07 Å². The minimum absolute atomic E-state index is 0. The molecule has 29 heavy (non-hydrogen) atoms. The van der Waals surface area contributed by atoms with E-state index in [-0.39, 0.29) is 24.0 Å². The normalized spacial score (nSPS) is 12.6. The number of thiophene rings is 1. The van der Waals surface area contributed by atoms with Crippen molar-refractivity contribution in [2.45, 2.75) is 40.0 Å². The molecular formula is C21H32ClIN4OS. The average molecular weight is 551 g/mol. The van der Waals surface area contributed by atoms with Crippen molar-refractivity contribution in [2.24, 2.45) is 4.99 Å². The largest absolute Gasteiger partial charge is 0.386 e. The highest BCUT2D eigenvalue weighted by atomic mass is 127. The van der Waals surface area contributed by atoms with Crippen LogP contribution in [0.2, 0.25) is 4.34 Å². The number of nitrogens with one attached hydrogen (secondary N) is 2. The Morgan fingerprint density at radius 3 is 2.28 bits per heavy atom. The third kappa shape index (κ3) is 9.21. The standard InChI is InChI=1S/C21H31ClN4OS.HI/c1-4-23-21(25-14-18(27)19-11-12-20(22)28-19)24-13-16-7-9-17(10-8-16)15-26(5-2)6-3;/h7-12,18,27H,4-6,13-15H2,1-3H3,(H2,23,24,25);1H. The van der Waals surface area contributed by atoms with E-state index in [4.69, 9.17) is 11.6 Å².